The van der Waals surface area contributed by atoms with Crippen molar-refractivity contribution in [3.05, 3.63) is 54.0 Å². The summed E-state index contributed by atoms with van der Waals surface area (Å²) < 4.78 is 42.8. The van der Waals surface area contributed by atoms with Gasteiger partial charge < -0.3 is 20.6 Å². The van der Waals surface area contributed by atoms with Gasteiger partial charge in [0.05, 0.1) is 36.3 Å². The molecule has 2 aromatic heterocycles. The van der Waals surface area contributed by atoms with E-state index in [1.165, 1.54) is 35.3 Å². The number of alkyl halides is 3. The Labute approximate surface area is 187 Å². The normalized spacial score (nSPS) is 13.5. The fourth-order valence-corrected chi connectivity index (χ4v) is 3.32. The van der Waals surface area contributed by atoms with E-state index in [-0.39, 0.29) is 36.3 Å². The second-order valence-electron chi connectivity index (χ2n) is 7.48. The molecule has 0 saturated carbocycles. The number of likely N-dealkylation sites (tertiary alicyclic amines) is 1. The van der Waals surface area contributed by atoms with Gasteiger partial charge in [-0.15, -0.1) is 0 Å². The third-order valence-electron chi connectivity index (χ3n) is 5.16. The Morgan fingerprint density at radius 1 is 1.21 bits per heavy atom. The van der Waals surface area contributed by atoms with Crippen LogP contribution in [0.15, 0.2) is 42.9 Å². The minimum Gasteiger partial charge on any atom is -0.394 e. The number of aliphatic hydroxyl groups is 1. The molecule has 1 aliphatic rings. The minimum absolute atomic E-state index is 0.0242. The fourth-order valence-electron chi connectivity index (χ4n) is 3.32. The Morgan fingerprint density at radius 2 is 2.03 bits per heavy atom. The summed E-state index contributed by atoms with van der Waals surface area (Å²) in [5, 5.41) is 18.5. The number of rotatable bonds is 7. The van der Waals surface area contributed by atoms with Gasteiger partial charge in [-0.2, -0.15) is 18.3 Å². The highest BCUT2D eigenvalue weighted by Crippen LogP contribution is 2.35. The number of aromatic nitrogens is 4. The number of urea groups is 1. The van der Waals surface area contributed by atoms with Crippen LogP contribution in [-0.2, 0) is 19.3 Å². The quantitative estimate of drug-likeness (QED) is 0.499. The molecule has 0 atom stereocenters. The third-order valence-corrected chi connectivity index (χ3v) is 5.16. The molecular formula is C21H22F3N7O2. The summed E-state index contributed by atoms with van der Waals surface area (Å²) in [5.41, 5.74) is 0.287. The molecule has 1 fully saturated rings. The molecule has 3 N–H and O–H groups in total. The zero-order valence-electron chi connectivity index (χ0n) is 17.5. The van der Waals surface area contributed by atoms with Crippen LogP contribution in [-0.4, -0.2) is 55.5 Å². The maximum absolute atomic E-state index is 13.7. The Balaban J connectivity index is 1.54. The topological polar surface area (TPSA) is 108 Å². The summed E-state index contributed by atoms with van der Waals surface area (Å²) in [4.78, 5) is 21.9. The first kappa shape index (κ1) is 22.5. The number of nitrogens with one attached hydrogen (secondary N) is 2. The lowest BCUT2D eigenvalue weighted by atomic mass is 10.0. The Hall–Kier alpha value is -3.67. The van der Waals surface area contributed by atoms with Crippen LogP contribution in [0.25, 0.3) is 11.3 Å². The summed E-state index contributed by atoms with van der Waals surface area (Å²) in [6.07, 6.45) is 0.921. The number of aliphatic hydroxyl groups excluding tert-OH is 1. The summed E-state index contributed by atoms with van der Waals surface area (Å²) in [7, 11) is 0. The molecule has 4 rings (SSSR count). The van der Waals surface area contributed by atoms with Crippen molar-refractivity contribution in [1.29, 1.82) is 0 Å². The lowest BCUT2D eigenvalue weighted by Gasteiger charge is -2.31. The second-order valence-corrected chi connectivity index (χ2v) is 7.48. The summed E-state index contributed by atoms with van der Waals surface area (Å²) in [6, 6.07) is 5.05. The lowest BCUT2D eigenvalue weighted by Crippen LogP contribution is -2.47. The molecule has 1 saturated heterocycles. The zero-order chi connectivity index (χ0) is 23.4. The number of halogens is 3. The molecule has 0 aliphatic carbocycles. The molecule has 33 heavy (non-hydrogen) atoms. The van der Waals surface area contributed by atoms with Gasteiger partial charge in [-0.25, -0.2) is 14.8 Å². The number of anilines is 2. The highest BCUT2D eigenvalue weighted by molar-refractivity contribution is 5.75. The molecule has 1 aliphatic heterocycles. The van der Waals surface area contributed by atoms with Crippen molar-refractivity contribution in [3.8, 4) is 11.3 Å². The molecule has 1 aromatic carbocycles. The first-order chi connectivity index (χ1) is 15.8. The fraction of sp³-hybridized carbons (Fsp3) is 0.333. The molecule has 3 aromatic rings. The van der Waals surface area contributed by atoms with Crippen molar-refractivity contribution in [2.24, 2.45) is 0 Å². The van der Waals surface area contributed by atoms with E-state index < -0.39 is 11.7 Å². The summed E-state index contributed by atoms with van der Waals surface area (Å²) in [5.74, 6) is 0.190. The minimum atomic E-state index is -4.60. The van der Waals surface area contributed by atoms with E-state index in [4.69, 9.17) is 5.11 Å². The number of carbonyl (C=O) groups excluding carboxylic acids is 1. The van der Waals surface area contributed by atoms with Crippen LogP contribution in [0.1, 0.15) is 17.5 Å². The average molecular weight is 461 g/mol. The van der Waals surface area contributed by atoms with Crippen LogP contribution in [0.4, 0.5) is 29.6 Å². The lowest BCUT2D eigenvalue weighted by molar-refractivity contribution is -0.138. The van der Waals surface area contributed by atoms with Crippen molar-refractivity contribution in [1.82, 2.24) is 30.0 Å². The molecule has 9 nitrogen and oxygen atoms in total. The summed E-state index contributed by atoms with van der Waals surface area (Å²) >= 11 is 0. The highest BCUT2D eigenvalue weighted by Gasteiger charge is 2.34. The smallest absolute Gasteiger partial charge is 0.394 e. The van der Waals surface area contributed by atoms with Crippen molar-refractivity contribution < 1.29 is 23.1 Å². The first-order valence-corrected chi connectivity index (χ1v) is 10.3. The van der Waals surface area contributed by atoms with Gasteiger partial charge in [-0.3, -0.25) is 4.68 Å². The molecule has 0 unspecified atom stereocenters. The van der Waals surface area contributed by atoms with Crippen LogP contribution < -0.4 is 10.6 Å². The molecule has 174 valence electrons. The first-order valence-electron chi connectivity index (χ1n) is 10.3. The van der Waals surface area contributed by atoms with E-state index in [1.54, 1.807) is 11.1 Å². The van der Waals surface area contributed by atoms with Gasteiger partial charge in [-0.1, -0.05) is 12.1 Å². The van der Waals surface area contributed by atoms with Crippen LogP contribution >= 0.6 is 0 Å². The SMILES string of the molecule is O=C(NCc1ccc(-c2ccnc(Nc3cnn(CCO)c3)n2)cc1C(F)(F)F)N1CCC1. The van der Waals surface area contributed by atoms with E-state index >= 15 is 0 Å². The van der Waals surface area contributed by atoms with Crippen LogP contribution in [0, 0.1) is 0 Å². The van der Waals surface area contributed by atoms with E-state index in [0.29, 0.717) is 31.0 Å². The van der Waals surface area contributed by atoms with Gasteiger partial charge in [0.2, 0.25) is 5.95 Å². The average Bonchev–Trinajstić information content (AvgIpc) is 3.17. The maximum Gasteiger partial charge on any atom is 0.416 e. The maximum atomic E-state index is 13.7. The second kappa shape index (κ2) is 9.45. The number of hydrogen-bond donors (Lipinski definition) is 3. The van der Waals surface area contributed by atoms with Crippen molar-refractivity contribution >= 4 is 17.7 Å². The predicted molar refractivity (Wildman–Crippen MR) is 113 cm³/mol. The molecule has 3 heterocycles. The number of benzene rings is 1. The van der Waals surface area contributed by atoms with Crippen LogP contribution in [0.3, 0.4) is 0 Å². The van der Waals surface area contributed by atoms with Crippen molar-refractivity contribution in [2.75, 3.05) is 25.0 Å². The Morgan fingerprint density at radius 3 is 2.73 bits per heavy atom. The van der Waals surface area contributed by atoms with Crippen molar-refractivity contribution in [2.45, 2.75) is 25.7 Å². The van der Waals surface area contributed by atoms with E-state index in [2.05, 4.69) is 25.7 Å². The summed E-state index contributed by atoms with van der Waals surface area (Å²) in [6.45, 7) is 1.27. The largest absolute Gasteiger partial charge is 0.416 e. The molecular weight excluding hydrogens is 439 g/mol. The third kappa shape index (κ3) is 5.40. The van der Waals surface area contributed by atoms with E-state index in [1.807, 2.05) is 0 Å². The van der Waals surface area contributed by atoms with Gasteiger partial charge in [0, 0.05) is 37.6 Å². The highest BCUT2D eigenvalue weighted by atomic mass is 19.4. The number of nitrogens with zero attached hydrogens (tertiary/aromatic N) is 5. The van der Waals surface area contributed by atoms with Crippen LogP contribution in [0.2, 0.25) is 0 Å². The number of carbonyl (C=O) groups is 1. The zero-order valence-corrected chi connectivity index (χ0v) is 17.5. The Kier molecular flexibility index (Phi) is 6.45. The van der Waals surface area contributed by atoms with E-state index in [9.17, 15) is 18.0 Å². The predicted octanol–water partition coefficient (Wildman–Crippen LogP) is 3.01. The monoisotopic (exact) mass is 461 g/mol. The molecule has 2 amide bonds. The van der Waals surface area contributed by atoms with Gasteiger partial charge >= 0.3 is 12.2 Å². The van der Waals surface area contributed by atoms with Crippen LogP contribution in [0.5, 0.6) is 0 Å². The van der Waals surface area contributed by atoms with Gasteiger partial charge in [0.25, 0.3) is 0 Å². The van der Waals surface area contributed by atoms with Gasteiger partial charge in [-0.05, 0) is 24.1 Å². The van der Waals surface area contributed by atoms with Crippen molar-refractivity contribution in [3.63, 3.8) is 0 Å². The Bertz CT molecular complexity index is 1130. The molecule has 0 spiro atoms. The van der Waals surface area contributed by atoms with Gasteiger partial charge in [0.1, 0.15) is 0 Å². The van der Waals surface area contributed by atoms with Gasteiger partial charge in [0.15, 0.2) is 0 Å². The standard InChI is InChI=1S/C21H22F3N7O2/c22-21(23,24)17-10-14(2-3-15(17)11-26-20(33)30-6-1-7-30)18-4-5-25-19(29-18)28-16-12-27-31(13-16)8-9-32/h2-5,10,12-13,32H,1,6-9,11H2,(H,26,33)(H,25,28,29). The molecule has 0 radical (unpaired) electrons. The van der Waals surface area contributed by atoms with E-state index in [0.717, 1.165) is 12.5 Å². The molecule has 12 heteroatoms. The number of hydrogen-bond acceptors (Lipinski definition) is 6. The number of amides is 2. The molecule has 0 bridgehead atoms.